The van der Waals surface area contributed by atoms with Crippen LogP contribution in [-0.2, 0) is 11.3 Å². The van der Waals surface area contributed by atoms with E-state index in [0.717, 1.165) is 6.42 Å². The van der Waals surface area contributed by atoms with Crippen LogP contribution in [0.3, 0.4) is 0 Å². The summed E-state index contributed by atoms with van der Waals surface area (Å²) >= 11 is 0. The summed E-state index contributed by atoms with van der Waals surface area (Å²) in [6, 6.07) is 7.02. The molecule has 0 saturated carbocycles. The number of para-hydroxylation sites is 2. The standard InChI is InChI=1S/C15H18N2O4/c1-10-6-7-16(8-12(10)18)14(19)9-17-11-4-2-3-5-13(11)21-15(17)20/h2-5,10,12,18H,6-9H2,1H3. The van der Waals surface area contributed by atoms with Gasteiger partial charge in [-0.1, -0.05) is 19.1 Å². The molecule has 6 heteroatoms. The van der Waals surface area contributed by atoms with Crippen molar-refractivity contribution in [1.29, 1.82) is 0 Å². The van der Waals surface area contributed by atoms with Gasteiger partial charge in [0.05, 0.1) is 11.6 Å². The van der Waals surface area contributed by atoms with Crippen LogP contribution in [0.15, 0.2) is 33.5 Å². The summed E-state index contributed by atoms with van der Waals surface area (Å²) in [4.78, 5) is 25.8. The molecule has 0 spiro atoms. The van der Waals surface area contributed by atoms with E-state index in [2.05, 4.69) is 0 Å². The first kappa shape index (κ1) is 13.9. The molecule has 1 saturated heterocycles. The van der Waals surface area contributed by atoms with Gasteiger partial charge in [-0.3, -0.25) is 9.36 Å². The average molecular weight is 290 g/mol. The second-order valence-corrected chi connectivity index (χ2v) is 5.59. The molecule has 3 rings (SSSR count). The summed E-state index contributed by atoms with van der Waals surface area (Å²) in [5, 5.41) is 9.87. The van der Waals surface area contributed by atoms with Crippen molar-refractivity contribution in [1.82, 2.24) is 9.47 Å². The summed E-state index contributed by atoms with van der Waals surface area (Å²) < 4.78 is 6.45. The van der Waals surface area contributed by atoms with Crippen LogP contribution in [0.5, 0.6) is 0 Å². The molecule has 0 bridgehead atoms. The van der Waals surface area contributed by atoms with Gasteiger partial charge in [-0.05, 0) is 24.5 Å². The summed E-state index contributed by atoms with van der Waals surface area (Å²) in [5.74, 6) is -0.503. The first-order valence-electron chi connectivity index (χ1n) is 7.10. The summed E-state index contributed by atoms with van der Waals surface area (Å²) in [7, 11) is 0. The van der Waals surface area contributed by atoms with Crippen molar-refractivity contribution in [3.63, 3.8) is 0 Å². The van der Waals surface area contributed by atoms with Crippen LogP contribution < -0.4 is 5.76 Å². The van der Waals surface area contributed by atoms with Gasteiger partial charge in [-0.2, -0.15) is 0 Å². The molecule has 2 heterocycles. The van der Waals surface area contributed by atoms with E-state index in [1.807, 2.05) is 6.92 Å². The van der Waals surface area contributed by atoms with Gasteiger partial charge in [0.1, 0.15) is 6.54 Å². The van der Waals surface area contributed by atoms with Gasteiger partial charge in [0.25, 0.3) is 0 Å². The maximum absolute atomic E-state index is 12.3. The molecule has 0 radical (unpaired) electrons. The minimum atomic E-state index is -0.532. The predicted molar refractivity (Wildman–Crippen MR) is 76.8 cm³/mol. The number of β-amino-alcohol motifs (C(OH)–C–C–N with tert-alkyl or cyclic N) is 1. The third kappa shape index (κ3) is 2.58. The van der Waals surface area contributed by atoms with E-state index in [1.165, 1.54) is 4.57 Å². The normalized spacial score (nSPS) is 22.7. The highest BCUT2D eigenvalue weighted by Gasteiger charge is 2.27. The lowest BCUT2D eigenvalue weighted by Crippen LogP contribution is -2.47. The smallest absolute Gasteiger partial charge is 0.408 e. The van der Waals surface area contributed by atoms with Gasteiger partial charge < -0.3 is 14.4 Å². The quantitative estimate of drug-likeness (QED) is 0.888. The molecule has 1 fully saturated rings. The van der Waals surface area contributed by atoms with Crippen LogP contribution in [0.1, 0.15) is 13.3 Å². The Kier molecular flexibility index (Phi) is 3.55. The Morgan fingerprint density at radius 2 is 2.19 bits per heavy atom. The number of aliphatic hydroxyl groups is 1. The van der Waals surface area contributed by atoms with Crippen molar-refractivity contribution in [2.24, 2.45) is 5.92 Å². The molecular weight excluding hydrogens is 272 g/mol. The highest BCUT2D eigenvalue weighted by molar-refractivity contribution is 5.79. The molecule has 1 amide bonds. The number of carbonyl (C=O) groups excluding carboxylic acids is 1. The van der Waals surface area contributed by atoms with Gasteiger partial charge in [0, 0.05) is 13.1 Å². The Balaban J connectivity index is 1.81. The number of rotatable bonds is 2. The molecule has 2 unspecified atom stereocenters. The number of likely N-dealkylation sites (tertiary alicyclic amines) is 1. The molecule has 2 atom stereocenters. The van der Waals surface area contributed by atoms with Crippen LogP contribution in [0, 0.1) is 5.92 Å². The van der Waals surface area contributed by atoms with Crippen LogP contribution in [0.25, 0.3) is 11.1 Å². The van der Waals surface area contributed by atoms with Crippen molar-refractivity contribution in [3.05, 3.63) is 34.8 Å². The molecule has 6 nitrogen and oxygen atoms in total. The number of hydrogen-bond acceptors (Lipinski definition) is 4. The monoisotopic (exact) mass is 290 g/mol. The molecule has 1 aliphatic rings. The van der Waals surface area contributed by atoms with Gasteiger partial charge in [0.2, 0.25) is 5.91 Å². The van der Waals surface area contributed by atoms with Crippen molar-refractivity contribution >= 4 is 17.0 Å². The third-order valence-corrected chi connectivity index (χ3v) is 4.14. The van der Waals surface area contributed by atoms with E-state index >= 15 is 0 Å². The van der Waals surface area contributed by atoms with Crippen LogP contribution in [0.2, 0.25) is 0 Å². The Morgan fingerprint density at radius 1 is 1.43 bits per heavy atom. The fourth-order valence-corrected chi connectivity index (χ4v) is 2.67. The lowest BCUT2D eigenvalue weighted by atomic mass is 9.96. The van der Waals surface area contributed by atoms with Crippen LogP contribution in [0.4, 0.5) is 0 Å². The minimum Gasteiger partial charge on any atom is -0.408 e. The summed E-state index contributed by atoms with van der Waals surface area (Å²) in [6.45, 7) is 2.85. The van der Waals surface area contributed by atoms with Gasteiger partial charge in [-0.25, -0.2) is 4.79 Å². The molecule has 0 aliphatic carbocycles. The average Bonchev–Trinajstić information content (AvgIpc) is 2.78. The zero-order valence-corrected chi connectivity index (χ0v) is 11.9. The Bertz CT molecular complexity index is 718. The topological polar surface area (TPSA) is 75.7 Å². The summed E-state index contributed by atoms with van der Waals surface area (Å²) in [5.41, 5.74) is 1.09. The SMILES string of the molecule is CC1CCN(C(=O)Cn2c(=O)oc3ccccc32)CC1O. The van der Waals surface area contributed by atoms with Crippen LogP contribution in [-0.4, -0.2) is 39.7 Å². The molecule has 1 aromatic heterocycles. The number of aliphatic hydroxyl groups excluding tert-OH is 1. The lowest BCUT2D eigenvalue weighted by molar-refractivity contribution is -0.136. The lowest BCUT2D eigenvalue weighted by Gasteiger charge is -2.34. The molecule has 2 aromatic rings. The van der Waals surface area contributed by atoms with E-state index in [4.69, 9.17) is 4.42 Å². The number of benzene rings is 1. The number of oxazole rings is 1. The highest BCUT2D eigenvalue weighted by Crippen LogP contribution is 2.18. The second kappa shape index (κ2) is 5.37. The molecule has 1 aliphatic heterocycles. The Labute approximate surface area is 121 Å². The molecular formula is C15H18N2O4. The second-order valence-electron chi connectivity index (χ2n) is 5.59. The Morgan fingerprint density at radius 3 is 2.95 bits per heavy atom. The van der Waals surface area contributed by atoms with Crippen molar-refractivity contribution in [2.75, 3.05) is 13.1 Å². The fourth-order valence-electron chi connectivity index (χ4n) is 2.67. The van der Waals surface area contributed by atoms with Crippen molar-refractivity contribution in [3.8, 4) is 0 Å². The maximum Gasteiger partial charge on any atom is 0.420 e. The molecule has 21 heavy (non-hydrogen) atoms. The predicted octanol–water partition coefficient (Wildman–Crippen LogP) is 0.824. The number of hydrogen-bond donors (Lipinski definition) is 1. The zero-order chi connectivity index (χ0) is 15.0. The number of piperidine rings is 1. The zero-order valence-electron chi connectivity index (χ0n) is 11.9. The Hall–Kier alpha value is -2.08. The first-order valence-corrected chi connectivity index (χ1v) is 7.10. The van der Waals surface area contributed by atoms with E-state index in [9.17, 15) is 14.7 Å². The number of aromatic nitrogens is 1. The number of fused-ring (bicyclic) bond motifs is 1. The largest absolute Gasteiger partial charge is 0.420 e. The molecule has 1 N–H and O–H groups in total. The van der Waals surface area contributed by atoms with Gasteiger partial charge in [0.15, 0.2) is 5.58 Å². The maximum atomic E-state index is 12.3. The van der Waals surface area contributed by atoms with E-state index in [1.54, 1.807) is 29.2 Å². The van der Waals surface area contributed by atoms with Crippen molar-refractivity contribution in [2.45, 2.75) is 26.0 Å². The molecule has 1 aromatic carbocycles. The third-order valence-electron chi connectivity index (χ3n) is 4.14. The number of carbonyl (C=O) groups is 1. The first-order chi connectivity index (χ1) is 10.1. The molecule has 112 valence electrons. The van der Waals surface area contributed by atoms with E-state index < -0.39 is 11.9 Å². The van der Waals surface area contributed by atoms with E-state index in [-0.39, 0.29) is 18.4 Å². The van der Waals surface area contributed by atoms with Gasteiger partial charge in [-0.15, -0.1) is 0 Å². The van der Waals surface area contributed by atoms with Crippen molar-refractivity contribution < 1.29 is 14.3 Å². The number of nitrogens with zero attached hydrogens (tertiary/aromatic N) is 2. The van der Waals surface area contributed by atoms with Crippen LogP contribution >= 0.6 is 0 Å². The number of amides is 1. The highest BCUT2D eigenvalue weighted by atomic mass is 16.4. The fraction of sp³-hybridized carbons (Fsp3) is 0.467. The van der Waals surface area contributed by atoms with E-state index in [0.29, 0.717) is 24.2 Å². The summed E-state index contributed by atoms with van der Waals surface area (Å²) in [6.07, 6.45) is 0.272. The minimum absolute atomic E-state index is 0.0586. The van der Waals surface area contributed by atoms with Gasteiger partial charge >= 0.3 is 5.76 Å².